The molecule has 9 heteroatoms. The molecule has 1 atom stereocenters. The third-order valence-electron chi connectivity index (χ3n) is 5.91. The highest BCUT2D eigenvalue weighted by Gasteiger charge is 2.30. The second-order valence-electron chi connectivity index (χ2n) is 7.98. The average molecular weight is 492 g/mol. The molecule has 4 rings (SSSR count). The number of benzene rings is 3. The van der Waals surface area contributed by atoms with E-state index in [2.05, 4.69) is 0 Å². The Balaban J connectivity index is 2.07. The van der Waals surface area contributed by atoms with Gasteiger partial charge in [-0.2, -0.15) is 0 Å². The van der Waals surface area contributed by atoms with E-state index in [1.165, 1.54) is 39.5 Å². The predicted octanol–water partition coefficient (Wildman–Crippen LogP) is 4.29. The Morgan fingerprint density at radius 3 is 2.14 bits per heavy atom. The molecular formula is C27H24O9. The van der Waals surface area contributed by atoms with Gasteiger partial charge in [-0.25, -0.2) is 0 Å². The molecule has 3 aromatic carbocycles. The number of phenols is 3. The highest BCUT2D eigenvalue weighted by atomic mass is 16.5. The number of hydrogen-bond donors (Lipinski definition) is 3. The van der Waals surface area contributed by atoms with Gasteiger partial charge in [-0.1, -0.05) is 30.3 Å². The molecular weight excluding hydrogens is 468 g/mol. The minimum atomic E-state index is -0.946. The summed E-state index contributed by atoms with van der Waals surface area (Å²) in [6.07, 6.45) is -0.277. The summed E-state index contributed by atoms with van der Waals surface area (Å²) in [6, 6.07) is 14.1. The number of rotatable bonds is 7. The lowest BCUT2D eigenvalue weighted by Crippen LogP contribution is -2.13. The molecule has 0 fully saturated rings. The van der Waals surface area contributed by atoms with Gasteiger partial charge in [0.25, 0.3) is 0 Å². The van der Waals surface area contributed by atoms with E-state index < -0.39 is 28.8 Å². The van der Waals surface area contributed by atoms with Crippen LogP contribution in [0.5, 0.6) is 28.7 Å². The van der Waals surface area contributed by atoms with E-state index in [1.807, 2.05) is 6.07 Å². The summed E-state index contributed by atoms with van der Waals surface area (Å²) in [4.78, 5) is 25.5. The number of esters is 1. The Labute approximate surface area is 205 Å². The van der Waals surface area contributed by atoms with E-state index >= 15 is 0 Å². The lowest BCUT2D eigenvalue weighted by atomic mass is 9.86. The lowest BCUT2D eigenvalue weighted by molar-refractivity contribution is -0.140. The molecule has 1 unspecified atom stereocenters. The minimum absolute atomic E-state index is 0.0632. The van der Waals surface area contributed by atoms with Gasteiger partial charge in [0, 0.05) is 29.2 Å². The number of phenolic OH excluding ortho intramolecular Hbond substituents is 3. The Hall–Kier alpha value is -4.66. The van der Waals surface area contributed by atoms with Gasteiger partial charge >= 0.3 is 5.97 Å². The van der Waals surface area contributed by atoms with Gasteiger partial charge in [-0.05, 0) is 17.7 Å². The zero-order valence-electron chi connectivity index (χ0n) is 19.8. The SMILES string of the molecule is COC(=O)CC(c1cc(OC)c(O)c(OC)c1)c1c(O)cc(O)c2c(=O)cc(-c3ccccc3)oc12. The summed E-state index contributed by atoms with van der Waals surface area (Å²) in [6.45, 7) is 0. The molecule has 0 amide bonds. The van der Waals surface area contributed by atoms with Crippen LogP contribution in [0, 0.1) is 0 Å². The third-order valence-corrected chi connectivity index (χ3v) is 5.91. The summed E-state index contributed by atoms with van der Waals surface area (Å²) in [5.74, 6) is -2.37. The maximum absolute atomic E-state index is 13.1. The normalized spacial score (nSPS) is 11.8. The highest BCUT2D eigenvalue weighted by Crippen LogP contribution is 2.46. The summed E-state index contributed by atoms with van der Waals surface area (Å²) < 4.78 is 21.5. The zero-order chi connectivity index (χ0) is 26.0. The molecule has 0 radical (unpaired) electrons. The second kappa shape index (κ2) is 9.91. The fourth-order valence-electron chi connectivity index (χ4n) is 4.15. The predicted molar refractivity (Wildman–Crippen MR) is 131 cm³/mol. The number of aromatic hydroxyl groups is 3. The summed E-state index contributed by atoms with van der Waals surface area (Å²) in [5.41, 5.74) is 0.424. The van der Waals surface area contributed by atoms with Crippen LogP contribution in [0.3, 0.4) is 0 Å². The van der Waals surface area contributed by atoms with Crippen LogP contribution in [0.1, 0.15) is 23.5 Å². The molecule has 0 spiro atoms. The number of carbonyl (C=O) groups is 1. The molecule has 36 heavy (non-hydrogen) atoms. The van der Waals surface area contributed by atoms with Crippen molar-refractivity contribution < 1.29 is 38.7 Å². The summed E-state index contributed by atoms with van der Waals surface area (Å²) in [5, 5.41) is 31.7. The standard InChI is InChI=1S/C27H24O9/c1-33-21-9-15(10-22(34-2)26(21)32)16(11-23(31)35-3)24-17(28)12-18(29)25-19(30)13-20(36-27(24)25)14-7-5-4-6-8-14/h4-10,12-13,16,28-29,32H,11H2,1-3H3. The van der Waals surface area contributed by atoms with Crippen molar-refractivity contribution in [2.75, 3.05) is 21.3 Å². The van der Waals surface area contributed by atoms with Crippen LogP contribution in [0.15, 0.2) is 63.8 Å². The van der Waals surface area contributed by atoms with E-state index in [0.29, 0.717) is 11.1 Å². The highest BCUT2D eigenvalue weighted by molar-refractivity contribution is 5.90. The molecule has 0 saturated heterocycles. The van der Waals surface area contributed by atoms with E-state index in [0.717, 1.165) is 6.07 Å². The van der Waals surface area contributed by atoms with E-state index in [1.54, 1.807) is 24.3 Å². The average Bonchev–Trinajstić information content (AvgIpc) is 2.88. The van der Waals surface area contributed by atoms with E-state index in [9.17, 15) is 24.9 Å². The molecule has 0 bridgehead atoms. The fourth-order valence-corrected chi connectivity index (χ4v) is 4.15. The van der Waals surface area contributed by atoms with Gasteiger partial charge < -0.3 is 33.9 Å². The van der Waals surface area contributed by atoms with Crippen LogP contribution < -0.4 is 14.9 Å². The van der Waals surface area contributed by atoms with Crippen LogP contribution in [0.4, 0.5) is 0 Å². The topological polar surface area (TPSA) is 136 Å². The second-order valence-corrected chi connectivity index (χ2v) is 7.98. The summed E-state index contributed by atoms with van der Waals surface area (Å²) >= 11 is 0. The van der Waals surface area contributed by atoms with Crippen LogP contribution in [-0.4, -0.2) is 42.6 Å². The molecule has 0 saturated carbocycles. The van der Waals surface area contributed by atoms with Crippen molar-refractivity contribution in [3.8, 4) is 40.1 Å². The van der Waals surface area contributed by atoms with Crippen molar-refractivity contribution in [2.24, 2.45) is 0 Å². The van der Waals surface area contributed by atoms with Crippen molar-refractivity contribution in [1.82, 2.24) is 0 Å². The Morgan fingerprint density at radius 2 is 1.56 bits per heavy atom. The van der Waals surface area contributed by atoms with Crippen LogP contribution in [0.2, 0.25) is 0 Å². The van der Waals surface area contributed by atoms with Gasteiger partial charge in [-0.3, -0.25) is 9.59 Å². The molecule has 1 heterocycles. The number of carbonyl (C=O) groups excluding carboxylic acids is 1. The first-order chi connectivity index (χ1) is 17.3. The quantitative estimate of drug-likeness (QED) is 0.323. The molecule has 4 aromatic rings. The van der Waals surface area contributed by atoms with Gasteiger partial charge in [-0.15, -0.1) is 0 Å². The van der Waals surface area contributed by atoms with Crippen molar-refractivity contribution in [2.45, 2.75) is 12.3 Å². The molecule has 0 aliphatic carbocycles. The monoisotopic (exact) mass is 492 g/mol. The first kappa shape index (κ1) is 24.5. The van der Waals surface area contributed by atoms with Crippen molar-refractivity contribution >= 4 is 16.9 Å². The van der Waals surface area contributed by atoms with Gasteiger partial charge in [0.15, 0.2) is 16.9 Å². The lowest BCUT2D eigenvalue weighted by Gasteiger charge is -2.22. The van der Waals surface area contributed by atoms with Crippen LogP contribution in [-0.2, 0) is 9.53 Å². The van der Waals surface area contributed by atoms with Crippen molar-refractivity contribution in [3.63, 3.8) is 0 Å². The van der Waals surface area contributed by atoms with Gasteiger partial charge in [0.1, 0.15) is 28.2 Å². The van der Waals surface area contributed by atoms with Crippen LogP contribution in [0.25, 0.3) is 22.3 Å². The maximum Gasteiger partial charge on any atom is 0.306 e. The van der Waals surface area contributed by atoms with Crippen LogP contribution >= 0.6 is 0 Å². The smallest absolute Gasteiger partial charge is 0.306 e. The van der Waals surface area contributed by atoms with E-state index in [4.69, 9.17) is 18.6 Å². The first-order valence-corrected chi connectivity index (χ1v) is 10.9. The Kier molecular flexibility index (Phi) is 6.73. The minimum Gasteiger partial charge on any atom is -0.507 e. The number of hydrogen-bond acceptors (Lipinski definition) is 9. The van der Waals surface area contributed by atoms with Gasteiger partial charge in [0.05, 0.1) is 27.8 Å². The zero-order valence-corrected chi connectivity index (χ0v) is 19.8. The van der Waals surface area contributed by atoms with Crippen molar-refractivity contribution in [3.05, 3.63) is 75.9 Å². The maximum atomic E-state index is 13.1. The first-order valence-electron chi connectivity index (χ1n) is 10.9. The molecule has 1 aromatic heterocycles. The largest absolute Gasteiger partial charge is 0.507 e. The Bertz CT molecular complexity index is 1460. The third kappa shape index (κ3) is 4.38. The fraction of sp³-hybridized carbons (Fsp3) is 0.185. The molecule has 9 nitrogen and oxygen atoms in total. The molecule has 0 aliphatic rings. The number of fused-ring (bicyclic) bond motifs is 1. The molecule has 186 valence electrons. The van der Waals surface area contributed by atoms with E-state index in [-0.39, 0.29) is 46.0 Å². The Morgan fingerprint density at radius 1 is 0.917 bits per heavy atom. The van der Waals surface area contributed by atoms with Gasteiger partial charge in [0.2, 0.25) is 5.75 Å². The number of methoxy groups -OCH3 is 3. The number of ether oxygens (including phenoxy) is 3. The molecule has 0 aliphatic heterocycles. The van der Waals surface area contributed by atoms with Crippen molar-refractivity contribution in [1.29, 1.82) is 0 Å². The molecule has 3 N–H and O–H groups in total. The summed E-state index contributed by atoms with van der Waals surface area (Å²) in [7, 11) is 3.93.